The average molecular weight is 250 g/mol. The van der Waals surface area contributed by atoms with E-state index in [1.165, 1.54) is 0 Å². The van der Waals surface area contributed by atoms with Gasteiger partial charge >= 0.3 is 12.1 Å². The van der Waals surface area contributed by atoms with Crippen LogP contribution in [0.2, 0.25) is 0 Å². The van der Waals surface area contributed by atoms with E-state index in [4.69, 9.17) is 9.84 Å². The van der Waals surface area contributed by atoms with Crippen LogP contribution in [0, 0.1) is 0 Å². The number of ether oxygens (including phenoxy) is 1. The lowest BCUT2D eigenvalue weighted by atomic mass is 9.93. The van der Waals surface area contributed by atoms with E-state index in [-0.39, 0.29) is 19.7 Å². The molecule has 1 aliphatic heterocycles. The first-order chi connectivity index (χ1) is 8.62. The summed E-state index contributed by atoms with van der Waals surface area (Å²) in [7, 11) is 0. The SMILES string of the molecule is O=C(NC1(C(=O)O)CNC1)OCc1ccccc1. The standard InChI is InChI=1S/C12H14N2O4/c15-10(16)12(7-13-8-12)14-11(17)18-6-9-4-2-1-3-5-9/h1-5,13H,6-8H2,(H,14,17)(H,15,16). The van der Waals surface area contributed by atoms with Gasteiger partial charge in [-0.25, -0.2) is 9.59 Å². The van der Waals surface area contributed by atoms with Crippen molar-refractivity contribution in [3.05, 3.63) is 35.9 Å². The minimum absolute atomic E-state index is 0.121. The monoisotopic (exact) mass is 250 g/mol. The largest absolute Gasteiger partial charge is 0.479 e. The Morgan fingerprint density at radius 3 is 2.50 bits per heavy atom. The van der Waals surface area contributed by atoms with Crippen molar-refractivity contribution in [2.45, 2.75) is 12.1 Å². The fourth-order valence-electron chi connectivity index (χ4n) is 1.62. The zero-order valence-corrected chi connectivity index (χ0v) is 9.68. The van der Waals surface area contributed by atoms with Crippen molar-refractivity contribution in [3.63, 3.8) is 0 Å². The van der Waals surface area contributed by atoms with E-state index < -0.39 is 17.6 Å². The molecule has 1 amide bonds. The smallest absolute Gasteiger partial charge is 0.408 e. The molecule has 3 N–H and O–H groups in total. The van der Waals surface area contributed by atoms with Gasteiger partial charge in [0.05, 0.1) is 0 Å². The first-order valence-electron chi connectivity index (χ1n) is 5.55. The Balaban J connectivity index is 1.84. The number of rotatable bonds is 4. The van der Waals surface area contributed by atoms with Crippen molar-refractivity contribution in [2.24, 2.45) is 0 Å². The molecule has 6 heteroatoms. The highest BCUT2D eigenvalue weighted by Crippen LogP contribution is 2.11. The number of carboxylic acids is 1. The predicted octanol–water partition coefficient (Wildman–Crippen LogP) is 0.339. The van der Waals surface area contributed by atoms with Crippen LogP contribution in [0.3, 0.4) is 0 Å². The van der Waals surface area contributed by atoms with Crippen molar-refractivity contribution in [3.8, 4) is 0 Å². The average Bonchev–Trinajstić information content (AvgIpc) is 2.32. The number of hydrogen-bond donors (Lipinski definition) is 3. The van der Waals surface area contributed by atoms with E-state index in [0.29, 0.717) is 0 Å². The van der Waals surface area contributed by atoms with Gasteiger partial charge in [-0.05, 0) is 5.56 Å². The van der Waals surface area contributed by atoms with Gasteiger partial charge in [0.2, 0.25) is 0 Å². The summed E-state index contributed by atoms with van der Waals surface area (Å²) in [5, 5.41) is 14.2. The number of hydrogen-bond acceptors (Lipinski definition) is 4. The van der Waals surface area contributed by atoms with Gasteiger partial charge in [-0.2, -0.15) is 0 Å². The highest BCUT2D eigenvalue weighted by Gasteiger charge is 2.46. The van der Waals surface area contributed by atoms with Crippen molar-refractivity contribution >= 4 is 12.1 Å². The Morgan fingerprint density at radius 2 is 2.00 bits per heavy atom. The fraction of sp³-hybridized carbons (Fsp3) is 0.333. The van der Waals surface area contributed by atoms with Crippen LogP contribution >= 0.6 is 0 Å². The Hall–Kier alpha value is -2.08. The molecule has 0 bridgehead atoms. The maximum Gasteiger partial charge on any atom is 0.408 e. The molecule has 0 saturated carbocycles. The lowest BCUT2D eigenvalue weighted by molar-refractivity contribution is -0.146. The van der Waals surface area contributed by atoms with Crippen LogP contribution in [0.5, 0.6) is 0 Å². The number of nitrogens with one attached hydrogen (secondary N) is 2. The number of carboxylic acid groups (broad SMARTS) is 1. The van der Waals surface area contributed by atoms with Crippen LogP contribution in [-0.2, 0) is 16.1 Å². The van der Waals surface area contributed by atoms with Crippen LogP contribution in [0.25, 0.3) is 0 Å². The maximum atomic E-state index is 11.5. The molecule has 18 heavy (non-hydrogen) atoms. The molecule has 1 aliphatic rings. The van der Waals surface area contributed by atoms with E-state index >= 15 is 0 Å². The Morgan fingerprint density at radius 1 is 1.33 bits per heavy atom. The van der Waals surface area contributed by atoms with E-state index in [9.17, 15) is 9.59 Å². The van der Waals surface area contributed by atoms with Crippen LogP contribution in [-0.4, -0.2) is 35.8 Å². The highest BCUT2D eigenvalue weighted by molar-refractivity contribution is 5.86. The summed E-state index contributed by atoms with van der Waals surface area (Å²) in [6.07, 6.45) is -0.720. The quantitative estimate of drug-likeness (QED) is 0.717. The Kier molecular flexibility index (Phi) is 3.47. The van der Waals surface area contributed by atoms with Crippen LogP contribution in [0.1, 0.15) is 5.56 Å². The second-order valence-electron chi connectivity index (χ2n) is 4.18. The molecule has 1 fully saturated rings. The summed E-state index contributed by atoms with van der Waals surface area (Å²) in [4.78, 5) is 22.5. The van der Waals surface area contributed by atoms with Gasteiger partial charge in [0.15, 0.2) is 5.54 Å². The molecule has 1 heterocycles. The molecule has 1 saturated heterocycles. The number of carbonyl (C=O) groups is 2. The molecule has 6 nitrogen and oxygen atoms in total. The zero-order valence-electron chi connectivity index (χ0n) is 9.68. The minimum atomic E-state index is -1.23. The van der Waals surface area contributed by atoms with Gasteiger partial charge in [0.25, 0.3) is 0 Å². The summed E-state index contributed by atoms with van der Waals surface area (Å²) >= 11 is 0. The first kappa shape index (κ1) is 12.4. The van der Waals surface area contributed by atoms with Crippen LogP contribution in [0.4, 0.5) is 4.79 Å². The van der Waals surface area contributed by atoms with Crippen molar-refractivity contribution in [1.29, 1.82) is 0 Å². The van der Waals surface area contributed by atoms with E-state index in [0.717, 1.165) is 5.56 Å². The first-order valence-corrected chi connectivity index (χ1v) is 5.55. The molecule has 96 valence electrons. The number of benzene rings is 1. The summed E-state index contributed by atoms with van der Waals surface area (Å²) < 4.78 is 4.97. The molecular weight excluding hydrogens is 236 g/mol. The third kappa shape index (κ3) is 2.60. The third-order valence-corrected chi connectivity index (χ3v) is 2.82. The normalized spacial score (nSPS) is 16.4. The highest BCUT2D eigenvalue weighted by atomic mass is 16.5. The molecule has 1 aromatic rings. The number of amides is 1. The molecule has 1 aromatic carbocycles. The number of aliphatic carboxylic acids is 1. The fourth-order valence-corrected chi connectivity index (χ4v) is 1.62. The van der Waals surface area contributed by atoms with Gasteiger partial charge in [0.1, 0.15) is 6.61 Å². The number of carbonyl (C=O) groups excluding carboxylic acids is 1. The van der Waals surface area contributed by atoms with Gasteiger partial charge < -0.3 is 20.5 Å². The van der Waals surface area contributed by atoms with Crippen molar-refractivity contribution in [2.75, 3.05) is 13.1 Å². The molecular formula is C12H14N2O4. The maximum absolute atomic E-state index is 11.5. The number of alkyl carbamates (subject to hydrolysis) is 1. The molecule has 0 spiro atoms. The summed E-state index contributed by atoms with van der Waals surface area (Å²) in [5.41, 5.74) is -0.378. The molecule has 0 atom stereocenters. The second-order valence-corrected chi connectivity index (χ2v) is 4.18. The predicted molar refractivity (Wildman–Crippen MR) is 63.0 cm³/mol. The molecule has 0 radical (unpaired) electrons. The van der Waals surface area contributed by atoms with E-state index in [2.05, 4.69) is 10.6 Å². The summed E-state index contributed by atoms with van der Waals surface area (Å²) in [6.45, 7) is 0.543. The van der Waals surface area contributed by atoms with Crippen LogP contribution in [0.15, 0.2) is 30.3 Å². The lowest BCUT2D eigenvalue weighted by Crippen LogP contribution is -2.73. The summed E-state index contributed by atoms with van der Waals surface area (Å²) in [5.74, 6) is -1.06. The molecule has 2 rings (SSSR count). The Labute approximate surface area is 104 Å². The topological polar surface area (TPSA) is 87.7 Å². The van der Waals surface area contributed by atoms with Gasteiger partial charge in [-0.15, -0.1) is 0 Å². The summed E-state index contributed by atoms with van der Waals surface area (Å²) in [6, 6.07) is 9.19. The van der Waals surface area contributed by atoms with Gasteiger partial charge in [0, 0.05) is 13.1 Å². The van der Waals surface area contributed by atoms with Gasteiger partial charge in [-0.3, -0.25) is 0 Å². The van der Waals surface area contributed by atoms with Gasteiger partial charge in [-0.1, -0.05) is 30.3 Å². The van der Waals surface area contributed by atoms with Crippen LogP contribution < -0.4 is 10.6 Å². The minimum Gasteiger partial charge on any atom is -0.479 e. The van der Waals surface area contributed by atoms with E-state index in [1.54, 1.807) is 0 Å². The second kappa shape index (κ2) is 5.05. The molecule has 0 unspecified atom stereocenters. The Bertz CT molecular complexity index is 443. The van der Waals surface area contributed by atoms with E-state index in [1.807, 2.05) is 30.3 Å². The van der Waals surface area contributed by atoms with Crippen molar-refractivity contribution in [1.82, 2.24) is 10.6 Å². The molecule has 0 aliphatic carbocycles. The van der Waals surface area contributed by atoms with Crippen molar-refractivity contribution < 1.29 is 19.4 Å². The third-order valence-electron chi connectivity index (χ3n) is 2.82. The molecule has 0 aromatic heterocycles. The lowest BCUT2D eigenvalue weighted by Gasteiger charge is -2.38. The zero-order chi connectivity index (χ0) is 13.0.